The van der Waals surface area contributed by atoms with Crippen LogP contribution >= 0.6 is 11.3 Å². The van der Waals surface area contributed by atoms with Crippen LogP contribution in [0.5, 0.6) is 0 Å². The molecule has 0 N–H and O–H groups in total. The zero-order valence-corrected chi connectivity index (χ0v) is 13.4. The minimum absolute atomic E-state index is 0.0848. The van der Waals surface area contributed by atoms with Gasteiger partial charge in [0.15, 0.2) is 0 Å². The van der Waals surface area contributed by atoms with Crippen molar-refractivity contribution in [2.24, 2.45) is 0 Å². The fraction of sp³-hybridized carbons (Fsp3) is 0.438. The van der Waals surface area contributed by atoms with E-state index in [-0.39, 0.29) is 11.8 Å². The molecule has 0 atom stereocenters. The monoisotopic (exact) mass is 317 g/mol. The summed E-state index contributed by atoms with van der Waals surface area (Å²) in [4.78, 5) is 31.8. The Hall–Kier alpha value is -1.95. The maximum absolute atomic E-state index is 12.3. The highest BCUT2D eigenvalue weighted by Crippen LogP contribution is 2.22. The SMILES string of the molecule is CC(=O)N1CCN(C(=O)CCc2nc3ccccc3s2)CC1. The number of fused-ring (bicyclic) bond motifs is 1. The highest BCUT2D eigenvalue weighted by Gasteiger charge is 2.22. The van der Waals surface area contributed by atoms with Gasteiger partial charge in [-0.3, -0.25) is 9.59 Å². The van der Waals surface area contributed by atoms with Gasteiger partial charge in [0.25, 0.3) is 0 Å². The average Bonchev–Trinajstić information content (AvgIpc) is 2.95. The third-order valence-corrected chi connectivity index (χ3v) is 5.06. The molecule has 1 aromatic carbocycles. The Kier molecular flexibility index (Phi) is 4.38. The Morgan fingerprint density at radius 2 is 1.82 bits per heavy atom. The number of hydrogen-bond acceptors (Lipinski definition) is 4. The van der Waals surface area contributed by atoms with Gasteiger partial charge < -0.3 is 9.80 Å². The normalized spacial score (nSPS) is 15.3. The lowest BCUT2D eigenvalue weighted by atomic mass is 10.2. The molecule has 5 nitrogen and oxygen atoms in total. The fourth-order valence-corrected chi connectivity index (χ4v) is 3.64. The summed E-state index contributed by atoms with van der Waals surface area (Å²) in [5.74, 6) is 0.240. The number of para-hydroxylation sites is 1. The molecular formula is C16H19N3O2S. The molecule has 1 aliphatic heterocycles. The van der Waals surface area contributed by atoms with Crippen LogP contribution in [0.25, 0.3) is 10.2 Å². The average molecular weight is 317 g/mol. The first kappa shape index (κ1) is 15.0. The number of nitrogens with zero attached hydrogens (tertiary/aromatic N) is 3. The van der Waals surface area contributed by atoms with Crippen molar-refractivity contribution in [3.8, 4) is 0 Å². The Morgan fingerprint density at radius 3 is 2.50 bits per heavy atom. The van der Waals surface area contributed by atoms with Crippen molar-refractivity contribution in [1.29, 1.82) is 0 Å². The first-order chi connectivity index (χ1) is 10.6. The predicted octanol–water partition coefficient (Wildman–Crippen LogP) is 1.92. The summed E-state index contributed by atoms with van der Waals surface area (Å²) in [5.41, 5.74) is 1.00. The lowest BCUT2D eigenvalue weighted by molar-refractivity contribution is -0.138. The van der Waals surface area contributed by atoms with Crippen molar-refractivity contribution in [2.45, 2.75) is 19.8 Å². The molecule has 0 aliphatic carbocycles. The molecule has 0 unspecified atom stereocenters. The first-order valence-corrected chi connectivity index (χ1v) is 8.33. The Labute approximate surface area is 133 Å². The standard InChI is InChI=1S/C16H19N3O2S/c1-12(20)18-8-10-19(11-9-18)16(21)7-6-15-17-13-4-2-3-5-14(13)22-15/h2-5H,6-11H2,1H3. The van der Waals surface area contributed by atoms with Crippen LogP contribution in [-0.2, 0) is 16.0 Å². The topological polar surface area (TPSA) is 53.5 Å². The van der Waals surface area contributed by atoms with E-state index in [1.807, 2.05) is 23.1 Å². The smallest absolute Gasteiger partial charge is 0.223 e. The largest absolute Gasteiger partial charge is 0.339 e. The number of carbonyl (C=O) groups excluding carboxylic acids is 2. The summed E-state index contributed by atoms with van der Waals surface area (Å²) >= 11 is 1.66. The summed E-state index contributed by atoms with van der Waals surface area (Å²) in [6, 6.07) is 8.03. The van der Waals surface area contributed by atoms with Crippen LogP contribution in [0.1, 0.15) is 18.4 Å². The van der Waals surface area contributed by atoms with E-state index in [4.69, 9.17) is 0 Å². The van der Waals surface area contributed by atoms with Crippen molar-refractivity contribution in [2.75, 3.05) is 26.2 Å². The van der Waals surface area contributed by atoms with Gasteiger partial charge in [0.1, 0.15) is 0 Å². The van der Waals surface area contributed by atoms with Crippen molar-refractivity contribution >= 4 is 33.4 Å². The van der Waals surface area contributed by atoms with E-state index in [9.17, 15) is 9.59 Å². The molecule has 1 saturated heterocycles. The molecule has 0 spiro atoms. The zero-order valence-electron chi connectivity index (χ0n) is 12.6. The highest BCUT2D eigenvalue weighted by molar-refractivity contribution is 7.18. The Bertz CT molecular complexity index is 657. The minimum atomic E-state index is 0.0848. The number of benzene rings is 1. The molecule has 22 heavy (non-hydrogen) atoms. The van der Waals surface area contributed by atoms with Gasteiger partial charge in [0, 0.05) is 45.9 Å². The van der Waals surface area contributed by atoms with Crippen LogP contribution in [0.3, 0.4) is 0 Å². The number of rotatable bonds is 3. The number of carbonyl (C=O) groups is 2. The number of hydrogen-bond donors (Lipinski definition) is 0. The molecule has 1 fully saturated rings. The predicted molar refractivity (Wildman–Crippen MR) is 86.8 cm³/mol. The van der Waals surface area contributed by atoms with Crippen LogP contribution in [0.2, 0.25) is 0 Å². The van der Waals surface area contributed by atoms with Crippen LogP contribution in [0.15, 0.2) is 24.3 Å². The van der Waals surface area contributed by atoms with Gasteiger partial charge in [-0.05, 0) is 12.1 Å². The van der Waals surface area contributed by atoms with E-state index in [0.29, 0.717) is 39.0 Å². The molecule has 0 bridgehead atoms. The van der Waals surface area contributed by atoms with E-state index >= 15 is 0 Å². The number of amides is 2. The quantitative estimate of drug-likeness (QED) is 0.869. The summed E-state index contributed by atoms with van der Waals surface area (Å²) < 4.78 is 1.17. The second kappa shape index (κ2) is 6.44. The Morgan fingerprint density at radius 1 is 1.14 bits per heavy atom. The van der Waals surface area contributed by atoms with E-state index in [1.54, 1.807) is 23.2 Å². The molecule has 3 rings (SSSR count). The highest BCUT2D eigenvalue weighted by atomic mass is 32.1. The number of piperazine rings is 1. The van der Waals surface area contributed by atoms with Gasteiger partial charge in [0.05, 0.1) is 15.2 Å². The van der Waals surface area contributed by atoms with Gasteiger partial charge >= 0.3 is 0 Å². The van der Waals surface area contributed by atoms with E-state index in [2.05, 4.69) is 11.1 Å². The van der Waals surface area contributed by atoms with Crippen LogP contribution in [0.4, 0.5) is 0 Å². The number of aromatic nitrogens is 1. The third kappa shape index (κ3) is 3.27. The molecule has 2 amide bonds. The first-order valence-electron chi connectivity index (χ1n) is 7.51. The minimum Gasteiger partial charge on any atom is -0.339 e. The van der Waals surface area contributed by atoms with Crippen molar-refractivity contribution in [3.63, 3.8) is 0 Å². The molecule has 2 heterocycles. The second-order valence-electron chi connectivity index (χ2n) is 5.46. The summed E-state index contributed by atoms with van der Waals surface area (Å²) in [5, 5.41) is 1.01. The number of aryl methyl sites for hydroxylation is 1. The number of thiazole rings is 1. The lowest BCUT2D eigenvalue weighted by Crippen LogP contribution is -2.50. The Balaban J connectivity index is 1.53. The second-order valence-corrected chi connectivity index (χ2v) is 6.58. The molecule has 116 valence electrons. The van der Waals surface area contributed by atoms with Gasteiger partial charge in [-0.1, -0.05) is 12.1 Å². The zero-order chi connectivity index (χ0) is 15.5. The molecule has 0 saturated carbocycles. The third-order valence-electron chi connectivity index (χ3n) is 3.97. The van der Waals surface area contributed by atoms with Gasteiger partial charge in [-0.25, -0.2) is 4.98 Å². The molecule has 1 aromatic heterocycles. The maximum atomic E-state index is 12.3. The van der Waals surface area contributed by atoms with Gasteiger partial charge in [0.2, 0.25) is 11.8 Å². The van der Waals surface area contributed by atoms with E-state index in [0.717, 1.165) is 10.5 Å². The van der Waals surface area contributed by atoms with Crippen molar-refractivity contribution in [1.82, 2.24) is 14.8 Å². The summed E-state index contributed by atoms with van der Waals surface area (Å²) in [6.45, 7) is 4.13. The van der Waals surface area contributed by atoms with Crippen LogP contribution in [-0.4, -0.2) is 52.8 Å². The van der Waals surface area contributed by atoms with Crippen molar-refractivity contribution < 1.29 is 9.59 Å². The van der Waals surface area contributed by atoms with Gasteiger partial charge in [-0.15, -0.1) is 11.3 Å². The van der Waals surface area contributed by atoms with E-state index in [1.165, 1.54) is 4.70 Å². The molecule has 6 heteroatoms. The van der Waals surface area contributed by atoms with Crippen molar-refractivity contribution in [3.05, 3.63) is 29.3 Å². The fourth-order valence-electron chi connectivity index (χ4n) is 2.67. The lowest BCUT2D eigenvalue weighted by Gasteiger charge is -2.34. The molecule has 2 aromatic rings. The van der Waals surface area contributed by atoms with Crippen LogP contribution < -0.4 is 0 Å². The molecule has 0 radical (unpaired) electrons. The van der Waals surface area contributed by atoms with Gasteiger partial charge in [-0.2, -0.15) is 0 Å². The molecular weight excluding hydrogens is 298 g/mol. The molecule has 1 aliphatic rings. The maximum Gasteiger partial charge on any atom is 0.223 e. The van der Waals surface area contributed by atoms with E-state index < -0.39 is 0 Å². The summed E-state index contributed by atoms with van der Waals surface area (Å²) in [6.07, 6.45) is 1.17. The van der Waals surface area contributed by atoms with Crippen LogP contribution in [0, 0.1) is 0 Å². The summed E-state index contributed by atoms with van der Waals surface area (Å²) in [7, 11) is 0.